The number of aromatic amines is 2. The van der Waals surface area contributed by atoms with Crippen molar-refractivity contribution < 1.29 is 0 Å². The Balaban J connectivity index is 2.22. The predicted octanol–water partition coefficient (Wildman–Crippen LogP) is 1.07. The molecule has 0 fully saturated rings. The van der Waals surface area contributed by atoms with E-state index in [-0.39, 0.29) is 11.5 Å². The molecule has 6 N–H and O–H groups in total. The summed E-state index contributed by atoms with van der Waals surface area (Å²) in [6.45, 7) is 0. The van der Waals surface area contributed by atoms with Crippen LogP contribution in [0.25, 0.3) is 11.0 Å². The quantitative estimate of drug-likeness (QED) is 0.552. The summed E-state index contributed by atoms with van der Waals surface area (Å²) in [5.41, 5.74) is 14.0. The lowest BCUT2D eigenvalue weighted by molar-refractivity contribution is 1.17. The zero-order valence-electron chi connectivity index (χ0n) is 9.36. The average Bonchev–Trinajstić information content (AvgIpc) is 2.91. The van der Waals surface area contributed by atoms with E-state index in [0.29, 0.717) is 23.3 Å². The normalized spacial score (nSPS) is 11.1. The molecular formula is C11H11N5OS. The Morgan fingerprint density at radius 1 is 1.33 bits per heavy atom. The summed E-state index contributed by atoms with van der Waals surface area (Å²) in [6.07, 6.45) is 0.630. The maximum atomic E-state index is 11.7. The maximum absolute atomic E-state index is 11.7. The predicted molar refractivity (Wildman–Crippen MR) is 72.7 cm³/mol. The van der Waals surface area contributed by atoms with Crippen LogP contribution in [0.3, 0.4) is 0 Å². The molecule has 3 aromatic heterocycles. The third-order valence-electron chi connectivity index (χ3n) is 2.77. The van der Waals surface area contributed by atoms with Crippen LogP contribution >= 0.6 is 11.3 Å². The summed E-state index contributed by atoms with van der Waals surface area (Å²) in [4.78, 5) is 21.2. The highest BCUT2D eigenvalue weighted by Crippen LogP contribution is 2.24. The Morgan fingerprint density at radius 2 is 2.17 bits per heavy atom. The second-order valence-corrected chi connectivity index (χ2v) is 4.78. The molecule has 3 aromatic rings. The van der Waals surface area contributed by atoms with Crippen LogP contribution in [0.2, 0.25) is 0 Å². The van der Waals surface area contributed by atoms with E-state index in [9.17, 15) is 4.79 Å². The lowest BCUT2D eigenvalue weighted by atomic mass is 10.1. The minimum absolute atomic E-state index is 0.0954. The van der Waals surface area contributed by atoms with Crippen molar-refractivity contribution in [2.75, 3.05) is 11.5 Å². The van der Waals surface area contributed by atoms with Gasteiger partial charge in [-0.15, -0.1) is 0 Å². The van der Waals surface area contributed by atoms with Crippen molar-refractivity contribution in [1.82, 2.24) is 15.0 Å². The van der Waals surface area contributed by atoms with Crippen LogP contribution < -0.4 is 17.0 Å². The summed E-state index contributed by atoms with van der Waals surface area (Å²) >= 11 is 1.61. The lowest BCUT2D eigenvalue weighted by Crippen LogP contribution is -2.11. The van der Waals surface area contributed by atoms with E-state index in [2.05, 4.69) is 15.0 Å². The van der Waals surface area contributed by atoms with Gasteiger partial charge in [0.2, 0.25) is 5.95 Å². The van der Waals surface area contributed by atoms with Gasteiger partial charge in [-0.1, -0.05) is 0 Å². The highest BCUT2D eigenvalue weighted by molar-refractivity contribution is 7.07. The lowest BCUT2D eigenvalue weighted by Gasteiger charge is -1.99. The monoisotopic (exact) mass is 261 g/mol. The van der Waals surface area contributed by atoms with E-state index >= 15 is 0 Å². The van der Waals surface area contributed by atoms with E-state index in [1.54, 1.807) is 11.3 Å². The first-order chi connectivity index (χ1) is 8.65. The van der Waals surface area contributed by atoms with Crippen molar-refractivity contribution in [3.63, 3.8) is 0 Å². The number of nitrogens with one attached hydrogen (secondary N) is 2. The summed E-state index contributed by atoms with van der Waals surface area (Å²) in [6, 6.07) is 2.01. The van der Waals surface area contributed by atoms with Gasteiger partial charge >= 0.3 is 0 Å². The molecule has 0 aliphatic heterocycles. The summed E-state index contributed by atoms with van der Waals surface area (Å²) < 4.78 is 0. The number of nitrogen functional groups attached to an aromatic ring is 2. The molecule has 3 heterocycles. The van der Waals surface area contributed by atoms with Crippen LogP contribution in [0.1, 0.15) is 11.1 Å². The van der Waals surface area contributed by atoms with E-state index < -0.39 is 0 Å². The molecule has 0 bridgehead atoms. The fourth-order valence-electron chi connectivity index (χ4n) is 1.94. The van der Waals surface area contributed by atoms with Gasteiger partial charge in [0, 0.05) is 12.0 Å². The molecule has 0 saturated carbocycles. The SMILES string of the molecule is Nc1nc2c(Cc3ccsc3)c(N)[nH]c2c(=O)[nH]1. The fourth-order valence-corrected chi connectivity index (χ4v) is 2.61. The number of anilines is 2. The third kappa shape index (κ3) is 1.65. The van der Waals surface area contributed by atoms with Crippen LogP contribution in [-0.2, 0) is 6.42 Å². The number of fused-ring (bicyclic) bond motifs is 1. The largest absolute Gasteiger partial charge is 0.385 e. The van der Waals surface area contributed by atoms with Gasteiger partial charge in [0.25, 0.3) is 5.56 Å². The molecule has 0 unspecified atom stereocenters. The zero-order valence-corrected chi connectivity index (χ0v) is 10.2. The number of nitrogens with zero attached hydrogens (tertiary/aromatic N) is 1. The molecular weight excluding hydrogens is 250 g/mol. The van der Waals surface area contributed by atoms with Crippen LogP contribution in [-0.4, -0.2) is 15.0 Å². The van der Waals surface area contributed by atoms with Crippen molar-refractivity contribution in [2.24, 2.45) is 0 Å². The van der Waals surface area contributed by atoms with Crippen LogP contribution in [0.4, 0.5) is 11.8 Å². The molecule has 92 valence electrons. The topological polar surface area (TPSA) is 114 Å². The van der Waals surface area contributed by atoms with Crippen molar-refractivity contribution in [3.8, 4) is 0 Å². The van der Waals surface area contributed by atoms with Crippen LogP contribution in [0, 0.1) is 0 Å². The Labute approximate surface area is 106 Å². The second kappa shape index (κ2) is 3.88. The average molecular weight is 261 g/mol. The number of hydrogen-bond donors (Lipinski definition) is 4. The minimum atomic E-state index is -0.305. The zero-order chi connectivity index (χ0) is 12.7. The van der Waals surface area contributed by atoms with Crippen LogP contribution in [0.15, 0.2) is 21.6 Å². The second-order valence-electron chi connectivity index (χ2n) is 4.00. The number of aromatic nitrogens is 3. The van der Waals surface area contributed by atoms with Gasteiger partial charge in [-0.05, 0) is 22.4 Å². The molecule has 0 atom stereocenters. The molecule has 0 aliphatic carbocycles. The smallest absolute Gasteiger partial charge is 0.276 e. The van der Waals surface area contributed by atoms with E-state index in [1.807, 2.05) is 16.8 Å². The Hall–Kier alpha value is -2.28. The summed E-state index contributed by atoms with van der Waals surface area (Å²) in [5.74, 6) is 0.554. The van der Waals surface area contributed by atoms with Gasteiger partial charge in [-0.25, -0.2) is 4.98 Å². The third-order valence-corrected chi connectivity index (χ3v) is 3.50. The first kappa shape index (κ1) is 10.8. The van der Waals surface area contributed by atoms with Crippen LogP contribution in [0.5, 0.6) is 0 Å². The van der Waals surface area contributed by atoms with E-state index in [0.717, 1.165) is 11.1 Å². The molecule has 7 heteroatoms. The Morgan fingerprint density at radius 3 is 2.89 bits per heavy atom. The molecule has 3 rings (SSSR count). The highest BCUT2D eigenvalue weighted by Gasteiger charge is 2.14. The standard InChI is InChI=1S/C11H11N5OS/c12-9-6(3-5-1-2-18-4-5)7-8(14-9)10(17)16-11(13)15-7/h1-2,4,14H,3,12H2,(H3,13,15,16,17). The molecule has 0 aromatic carbocycles. The number of H-pyrrole nitrogens is 2. The number of nitrogens with two attached hydrogens (primary N) is 2. The molecule has 0 saturated heterocycles. The number of rotatable bonds is 2. The molecule has 0 aliphatic rings. The van der Waals surface area contributed by atoms with Gasteiger partial charge in [-0.2, -0.15) is 11.3 Å². The number of hydrogen-bond acceptors (Lipinski definition) is 5. The van der Waals surface area contributed by atoms with Gasteiger partial charge in [0.15, 0.2) is 0 Å². The van der Waals surface area contributed by atoms with Crippen molar-refractivity contribution in [2.45, 2.75) is 6.42 Å². The Bertz CT molecular complexity index is 756. The highest BCUT2D eigenvalue weighted by atomic mass is 32.1. The Kier molecular flexibility index (Phi) is 2.34. The van der Waals surface area contributed by atoms with Gasteiger partial charge in [0.05, 0.1) is 0 Å². The molecule has 18 heavy (non-hydrogen) atoms. The van der Waals surface area contributed by atoms with Crippen molar-refractivity contribution >= 4 is 34.1 Å². The van der Waals surface area contributed by atoms with Gasteiger partial charge < -0.3 is 16.5 Å². The first-order valence-corrected chi connectivity index (χ1v) is 6.26. The minimum Gasteiger partial charge on any atom is -0.385 e. The van der Waals surface area contributed by atoms with Crippen molar-refractivity contribution in [3.05, 3.63) is 38.3 Å². The number of thiophene rings is 1. The fraction of sp³-hybridized carbons (Fsp3) is 0.0909. The summed E-state index contributed by atoms with van der Waals surface area (Å²) in [7, 11) is 0. The van der Waals surface area contributed by atoms with Gasteiger partial charge in [0.1, 0.15) is 16.9 Å². The maximum Gasteiger partial charge on any atom is 0.276 e. The van der Waals surface area contributed by atoms with Crippen molar-refractivity contribution in [1.29, 1.82) is 0 Å². The molecule has 0 spiro atoms. The molecule has 6 nitrogen and oxygen atoms in total. The molecule has 0 amide bonds. The summed E-state index contributed by atoms with van der Waals surface area (Å²) in [5, 5.41) is 4.03. The van der Waals surface area contributed by atoms with E-state index in [1.165, 1.54) is 0 Å². The molecule has 0 radical (unpaired) electrons. The van der Waals surface area contributed by atoms with Gasteiger partial charge in [-0.3, -0.25) is 9.78 Å². The van der Waals surface area contributed by atoms with E-state index in [4.69, 9.17) is 11.5 Å². The first-order valence-electron chi connectivity index (χ1n) is 5.32.